The Balaban J connectivity index is 0.00000324. The summed E-state index contributed by atoms with van der Waals surface area (Å²) in [6.45, 7) is 9.38. The van der Waals surface area contributed by atoms with Gasteiger partial charge in [-0.25, -0.2) is 0 Å². The molecule has 0 heterocycles. The molecule has 3 nitrogen and oxygen atoms in total. The van der Waals surface area contributed by atoms with Gasteiger partial charge in [0.2, 0.25) is 5.91 Å². The smallest absolute Gasteiger partial charge is 0.237 e. The summed E-state index contributed by atoms with van der Waals surface area (Å²) in [6.07, 6.45) is 6.24. The number of rotatable bonds is 6. The van der Waals surface area contributed by atoms with Crippen molar-refractivity contribution in [1.29, 1.82) is 0 Å². The van der Waals surface area contributed by atoms with Crippen LogP contribution < -0.4 is 11.1 Å². The first-order chi connectivity index (χ1) is 8.38. The first-order valence-electron chi connectivity index (χ1n) is 7.41. The molecule has 3 N–H and O–H groups in total. The van der Waals surface area contributed by atoms with Crippen molar-refractivity contribution in [3.8, 4) is 0 Å². The molecule has 0 aromatic heterocycles. The molecule has 4 heteroatoms. The van der Waals surface area contributed by atoms with Gasteiger partial charge in [-0.3, -0.25) is 4.79 Å². The second kappa shape index (κ2) is 8.11. The molecule has 0 aromatic rings. The number of carbonyl (C=O) groups excluding carboxylic acids is 1. The zero-order valence-electron chi connectivity index (χ0n) is 12.9. The van der Waals surface area contributed by atoms with Crippen LogP contribution in [0.15, 0.2) is 0 Å². The van der Waals surface area contributed by atoms with Crippen LogP contribution in [0.4, 0.5) is 0 Å². The van der Waals surface area contributed by atoms with E-state index in [1.807, 2.05) is 6.92 Å². The third kappa shape index (κ3) is 5.31. The van der Waals surface area contributed by atoms with Gasteiger partial charge in [0.25, 0.3) is 0 Å². The van der Waals surface area contributed by atoms with Crippen molar-refractivity contribution in [3.63, 3.8) is 0 Å². The van der Waals surface area contributed by atoms with E-state index >= 15 is 0 Å². The molecule has 0 bridgehead atoms. The van der Waals surface area contributed by atoms with Crippen LogP contribution in [0.3, 0.4) is 0 Å². The van der Waals surface area contributed by atoms with Crippen molar-refractivity contribution in [3.05, 3.63) is 0 Å². The number of halogens is 1. The first-order valence-corrected chi connectivity index (χ1v) is 7.41. The van der Waals surface area contributed by atoms with E-state index in [4.69, 9.17) is 5.73 Å². The van der Waals surface area contributed by atoms with Crippen LogP contribution in [-0.4, -0.2) is 18.5 Å². The van der Waals surface area contributed by atoms with Gasteiger partial charge in [-0.2, -0.15) is 0 Å². The normalized spacial score (nSPS) is 19.6. The van der Waals surface area contributed by atoms with E-state index in [-0.39, 0.29) is 35.7 Å². The van der Waals surface area contributed by atoms with Gasteiger partial charge in [0.05, 0.1) is 6.04 Å². The van der Waals surface area contributed by atoms with Crippen LogP contribution in [0.2, 0.25) is 0 Å². The Morgan fingerprint density at radius 2 is 1.89 bits per heavy atom. The van der Waals surface area contributed by atoms with Crippen molar-refractivity contribution in [1.82, 2.24) is 5.32 Å². The molecular weight excluding hydrogens is 260 g/mol. The number of amides is 1. The van der Waals surface area contributed by atoms with E-state index in [0.29, 0.717) is 0 Å². The molecule has 19 heavy (non-hydrogen) atoms. The monoisotopic (exact) mass is 290 g/mol. The summed E-state index contributed by atoms with van der Waals surface area (Å²) in [5.41, 5.74) is 6.14. The van der Waals surface area contributed by atoms with Crippen molar-refractivity contribution < 1.29 is 4.79 Å². The summed E-state index contributed by atoms with van der Waals surface area (Å²) in [6, 6.07) is -0.366. The lowest BCUT2D eigenvalue weighted by molar-refractivity contribution is -0.124. The number of nitrogens with two attached hydrogens (primary N) is 1. The highest BCUT2D eigenvalue weighted by molar-refractivity contribution is 5.85. The Morgan fingerprint density at radius 1 is 1.37 bits per heavy atom. The SMILES string of the molecule is CCC(C)C(N)C(=O)NCC(C)(C)C1CCCC1.Cl. The molecule has 0 saturated heterocycles. The Morgan fingerprint density at radius 3 is 2.37 bits per heavy atom. The molecule has 2 atom stereocenters. The maximum absolute atomic E-state index is 12.0. The van der Waals surface area contributed by atoms with Crippen LogP contribution in [-0.2, 0) is 4.79 Å². The molecule has 0 aromatic carbocycles. The van der Waals surface area contributed by atoms with E-state index in [2.05, 4.69) is 26.1 Å². The van der Waals surface area contributed by atoms with E-state index in [1.54, 1.807) is 0 Å². The molecule has 1 saturated carbocycles. The summed E-state index contributed by atoms with van der Waals surface area (Å²) < 4.78 is 0. The molecule has 1 aliphatic carbocycles. The minimum absolute atomic E-state index is 0. The zero-order valence-corrected chi connectivity index (χ0v) is 13.7. The third-order valence-electron chi connectivity index (χ3n) is 4.74. The maximum atomic E-state index is 12.0. The Kier molecular flexibility index (Phi) is 7.99. The average Bonchev–Trinajstić information content (AvgIpc) is 2.88. The number of hydrogen-bond donors (Lipinski definition) is 2. The quantitative estimate of drug-likeness (QED) is 0.790. The fourth-order valence-corrected chi connectivity index (χ4v) is 2.80. The lowest BCUT2D eigenvalue weighted by Crippen LogP contribution is -2.48. The van der Waals surface area contributed by atoms with E-state index in [1.165, 1.54) is 25.7 Å². The molecule has 1 rings (SSSR count). The van der Waals surface area contributed by atoms with Crippen LogP contribution >= 0.6 is 12.4 Å². The van der Waals surface area contributed by atoms with Crippen LogP contribution in [0.1, 0.15) is 59.8 Å². The fourth-order valence-electron chi connectivity index (χ4n) is 2.80. The molecule has 1 amide bonds. The summed E-state index contributed by atoms with van der Waals surface area (Å²) in [5, 5.41) is 3.05. The largest absolute Gasteiger partial charge is 0.354 e. The molecule has 0 spiro atoms. The Labute approximate surface area is 124 Å². The second-order valence-electron chi connectivity index (χ2n) is 6.60. The minimum atomic E-state index is -0.366. The molecule has 0 radical (unpaired) electrons. The summed E-state index contributed by atoms with van der Waals surface area (Å²) >= 11 is 0. The highest BCUT2D eigenvalue weighted by Crippen LogP contribution is 2.38. The summed E-state index contributed by atoms with van der Waals surface area (Å²) in [7, 11) is 0. The maximum Gasteiger partial charge on any atom is 0.237 e. The van der Waals surface area contributed by atoms with Gasteiger partial charge in [-0.1, -0.05) is 47.0 Å². The first kappa shape index (κ1) is 18.7. The molecule has 2 unspecified atom stereocenters. The fraction of sp³-hybridized carbons (Fsp3) is 0.933. The van der Waals surface area contributed by atoms with Gasteiger partial charge < -0.3 is 11.1 Å². The highest BCUT2D eigenvalue weighted by atomic mass is 35.5. The van der Waals surface area contributed by atoms with Crippen molar-refractivity contribution in [2.24, 2.45) is 23.0 Å². The number of nitrogens with one attached hydrogen (secondary N) is 1. The van der Waals surface area contributed by atoms with Crippen LogP contribution in [0.5, 0.6) is 0 Å². The highest BCUT2D eigenvalue weighted by Gasteiger charge is 2.32. The van der Waals surface area contributed by atoms with E-state index < -0.39 is 0 Å². The van der Waals surface area contributed by atoms with Gasteiger partial charge >= 0.3 is 0 Å². The lowest BCUT2D eigenvalue weighted by atomic mass is 9.77. The summed E-state index contributed by atoms with van der Waals surface area (Å²) in [4.78, 5) is 12.0. The second-order valence-corrected chi connectivity index (χ2v) is 6.60. The van der Waals surface area contributed by atoms with Gasteiger partial charge in [-0.05, 0) is 30.1 Å². The molecular formula is C15H31ClN2O. The standard InChI is InChI=1S/C15H30N2O.ClH/c1-5-11(2)13(16)14(18)17-10-15(3,4)12-8-6-7-9-12;/h11-13H,5-10,16H2,1-4H3,(H,17,18);1H. The molecule has 0 aliphatic heterocycles. The Bertz CT molecular complexity index is 275. The number of hydrogen-bond acceptors (Lipinski definition) is 2. The zero-order chi connectivity index (χ0) is 13.8. The lowest BCUT2D eigenvalue weighted by Gasteiger charge is -2.32. The van der Waals surface area contributed by atoms with Crippen LogP contribution in [0, 0.1) is 17.3 Å². The van der Waals surface area contributed by atoms with Crippen molar-refractivity contribution in [2.75, 3.05) is 6.54 Å². The minimum Gasteiger partial charge on any atom is -0.354 e. The van der Waals surface area contributed by atoms with Gasteiger partial charge in [0.15, 0.2) is 0 Å². The predicted molar refractivity (Wildman–Crippen MR) is 83.4 cm³/mol. The topological polar surface area (TPSA) is 55.1 Å². The molecule has 1 fully saturated rings. The van der Waals surface area contributed by atoms with Crippen LogP contribution in [0.25, 0.3) is 0 Å². The van der Waals surface area contributed by atoms with Gasteiger partial charge in [0, 0.05) is 6.54 Å². The van der Waals surface area contributed by atoms with Gasteiger partial charge in [-0.15, -0.1) is 12.4 Å². The number of carbonyl (C=O) groups is 1. The third-order valence-corrected chi connectivity index (χ3v) is 4.74. The molecule has 114 valence electrons. The average molecular weight is 291 g/mol. The molecule has 1 aliphatic rings. The predicted octanol–water partition coefficient (Wildman–Crippen LogP) is 3.11. The Hall–Kier alpha value is -0.280. The summed E-state index contributed by atoms with van der Waals surface area (Å²) in [5.74, 6) is 1.01. The van der Waals surface area contributed by atoms with E-state index in [0.717, 1.165) is 18.9 Å². The van der Waals surface area contributed by atoms with Gasteiger partial charge in [0.1, 0.15) is 0 Å². The van der Waals surface area contributed by atoms with Crippen molar-refractivity contribution in [2.45, 2.75) is 65.8 Å². The van der Waals surface area contributed by atoms with E-state index in [9.17, 15) is 4.79 Å². The van der Waals surface area contributed by atoms with Crippen molar-refractivity contribution >= 4 is 18.3 Å².